The third kappa shape index (κ3) is 3.18. The molecule has 6 heteroatoms. The SMILES string of the molecule is Fc1ccc([B-](F)(F)F)c(OC2CCCCC2)c1. The summed E-state index contributed by atoms with van der Waals surface area (Å²) in [4.78, 5) is 0. The Morgan fingerprint density at radius 1 is 1.06 bits per heavy atom. The Bertz CT molecular complexity index is 413. The Balaban J connectivity index is 2.21. The number of hydrogen-bond acceptors (Lipinski definition) is 1. The zero-order valence-electron chi connectivity index (χ0n) is 9.84. The van der Waals surface area contributed by atoms with E-state index in [1.807, 2.05) is 0 Å². The van der Waals surface area contributed by atoms with E-state index in [1.54, 1.807) is 0 Å². The predicted molar refractivity (Wildman–Crippen MR) is 62.6 cm³/mol. The van der Waals surface area contributed by atoms with Gasteiger partial charge in [0.25, 0.3) is 0 Å². The summed E-state index contributed by atoms with van der Waals surface area (Å²) in [6.07, 6.45) is 4.23. The molecule has 0 spiro atoms. The minimum absolute atomic E-state index is 0.225. The summed E-state index contributed by atoms with van der Waals surface area (Å²) in [6, 6.07) is 2.41. The lowest BCUT2D eigenvalue weighted by molar-refractivity contribution is 0.155. The second kappa shape index (κ2) is 5.20. The van der Waals surface area contributed by atoms with Crippen LogP contribution in [0.2, 0.25) is 0 Å². The second-order valence-corrected chi connectivity index (χ2v) is 4.63. The highest BCUT2D eigenvalue weighted by Gasteiger charge is 2.30. The number of hydrogen-bond donors (Lipinski definition) is 0. The lowest BCUT2D eigenvalue weighted by Gasteiger charge is -2.27. The maximum Gasteiger partial charge on any atom is 0.513 e. The summed E-state index contributed by atoms with van der Waals surface area (Å²) >= 11 is 0. The summed E-state index contributed by atoms with van der Waals surface area (Å²) in [6.45, 7) is -5.17. The summed E-state index contributed by atoms with van der Waals surface area (Å²) in [5.74, 6) is -1.07. The van der Waals surface area contributed by atoms with Crippen LogP contribution in [0.15, 0.2) is 18.2 Å². The normalized spacial score (nSPS) is 17.8. The summed E-state index contributed by atoms with van der Waals surface area (Å²) in [7, 11) is 0. The number of benzene rings is 1. The van der Waals surface area contributed by atoms with Crippen LogP contribution < -0.4 is 10.2 Å². The van der Waals surface area contributed by atoms with E-state index in [-0.39, 0.29) is 11.9 Å². The Morgan fingerprint density at radius 3 is 2.33 bits per heavy atom. The van der Waals surface area contributed by atoms with Crippen LogP contribution in [0.4, 0.5) is 17.3 Å². The van der Waals surface area contributed by atoms with Gasteiger partial charge in [0.2, 0.25) is 0 Å². The topological polar surface area (TPSA) is 9.23 Å². The van der Waals surface area contributed by atoms with Crippen LogP contribution in [0, 0.1) is 5.82 Å². The Labute approximate surface area is 103 Å². The Morgan fingerprint density at radius 2 is 1.72 bits per heavy atom. The zero-order chi connectivity index (χ0) is 13.2. The van der Waals surface area contributed by atoms with Gasteiger partial charge in [-0.3, -0.25) is 0 Å². The van der Waals surface area contributed by atoms with E-state index < -0.39 is 18.3 Å². The summed E-state index contributed by atoms with van der Waals surface area (Å²) < 4.78 is 56.8. The van der Waals surface area contributed by atoms with Gasteiger partial charge >= 0.3 is 6.98 Å². The molecule has 0 amide bonds. The number of halogens is 4. The lowest BCUT2D eigenvalue weighted by atomic mass is 9.79. The van der Waals surface area contributed by atoms with Crippen LogP contribution in [0.5, 0.6) is 5.75 Å². The van der Waals surface area contributed by atoms with Gasteiger partial charge in [0.15, 0.2) is 0 Å². The van der Waals surface area contributed by atoms with Crippen molar-refractivity contribution in [3.05, 3.63) is 24.0 Å². The number of rotatable bonds is 3. The Kier molecular flexibility index (Phi) is 3.83. The van der Waals surface area contributed by atoms with Crippen molar-refractivity contribution in [3.63, 3.8) is 0 Å². The fraction of sp³-hybridized carbons (Fsp3) is 0.500. The first-order valence-corrected chi connectivity index (χ1v) is 6.13. The molecule has 0 N–H and O–H groups in total. The molecule has 100 valence electrons. The van der Waals surface area contributed by atoms with Crippen molar-refractivity contribution in [2.24, 2.45) is 0 Å². The summed E-state index contributed by atoms with van der Waals surface area (Å²) in [5.41, 5.74) is -0.845. The molecule has 1 fully saturated rings. The third-order valence-corrected chi connectivity index (χ3v) is 3.17. The van der Waals surface area contributed by atoms with E-state index in [1.165, 1.54) is 0 Å². The van der Waals surface area contributed by atoms with Gasteiger partial charge in [-0.2, -0.15) is 0 Å². The maximum atomic E-state index is 13.0. The average molecular weight is 261 g/mol. The van der Waals surface area contributed by atoms with Crippen LogP contribution in [-0.2, 0) is 0 Å². The molecular weight excluding hydrogens is 247 g/mol. The molecule has 0 aliphatic heterocycles. The van der Waals surface area contributed by atoms with Crippen LogP contribution in [0.1, 0.15) is 32.1 Å². The summed E-state index contributed by atoms with van der Waals surface area (Å²) in [5, 5.41) is 0. The monoisotopic (exact) mass is 261 g/mol. The Hall–Kier alpha value is -1.20. The predicted octanol–water partition coefficient (Wildman–Crippen LogP) is 3.59. The van der Waals surface area contributed by atoms with E-state index in [9.17, 15) is 17.3 Å². The highest BCUT2D eigenvalue weighted by atomic mass is 19.4. The average Bonchev–Trinajstić information content (AvgIpc) is 2.28. The standard InChI is InChI=1S/C12H14BF4O/c14-9-6-7-11(13(15,16)17)12(8-9)18-10-4-2-1-3-5-10/h6-8,10H,1-5H2/q-1. The smallest absolute Gasteiger partial charge is 0.493 e. The molecule has 0 heterocycles. The number of ether oxygens (including phenoxy) is 1. The first-order valence-electron chi connectivity index (χ1n) is 6.13. The molecule has 1 aromatic rings. The van der Waals surface area contributed by atoms with Gasteiger partial charge in [-0.15, -0.1) is 0 Å². The lowest BCUT2D eigenvalue weighted by Crippen LogP contribution is -2.37. The first-order chi connectivity index (χ1) is 8.47. The van der Waals surface area contributed by atoms with E-state index in [2.05, 4.69) is 0 Å². The molecule has 0 radical (unpaired) electrons. The first kappa shape index (κ1) is 13.2. The minimum atomic E-state index is -5.17. The van der Waals surface area contributed by atoms with Gasteiger partial charge in [-0.05, 0) is 31.7 Å². The molecule has 1 aromatic carbocycles. The van der Waals surface area contributed by atoms with Crippen molar-refractivity contribution in [2.75, 3.05) is 0 Å². The molecule has 1 aliphatic carbocycles. The molecule has 0 bridgehead atoms. The van der Waals surface area contributed by atoms with Crippen LogP contribution >= 0.6 is 0 Å². The van der Waals surface area contributed by atoms with Gasteiger partial charge in [0.1, 0.15) is 5.82 Å². The van der Waals surface area contributed by atoms with E-state index >= 15 is 0 Å². The molecule has 18 heavy (non-hydrogen) atoms. The highest BCUT2D eigenvalue weighted by molar-refractivity contribution is 6.74. The van der Waals surface area contributed by atoms with E-state index in [4.69, 9.17) is 4.74 Å². The maximum absolute atomic E-state index is 13.0. The third-order valence-electron chi connectivity index (χ3n) is 3.17. The van der Waals surface area contributed by atoms with Crippen molar-refractivity contribution in [2.45, 2.75) is 38.2 Å². The largest absolute Gasteiger partial charge is 0.513 e. The van der Waals surface area contributed by atoms with E-state index in [0.29, 0.717) is 0 Å². The molecule has 1 aliphatic rings. The van der Waals surface area contributed by atoms with Crippen molar-refractivity contribution < 1.29 is 22.1 Å². The fourth-order valence-corrected chi connectivity index (χ4v) is 2.24. The van der Waals surface area contributed by atoms with Gasteiger partial charge in [0.05, 0.1) is 11.9 Å². The van der Waals surface area contributed by atoms with Gasteiger partial charge in [-0.25, -0.2) is 4.39 Å². The molecule has 0 unspecified atom stereocenters. The van der Waals surface area contributed by atoms with Crippen molar-refractivity contribution in [1.29, 1.82) is 0 Å². The minimum Gasteiger partial charge on any atom is -0.493 e. The zero-order valence-corrected chi connectivity index (χ0v) is 9.84. The van der Waals surface area contributed by atoms with Crippen molar-refractivity contribution >= 4 is 12.4 Å². The van der Waals surface area contributed by atoms with E-state index in [0.717, 1.165) is 50.3 Å². The van der Waals surface area contributed by atoms with Crippen LogP contribution in [0.25, 0.3) is 0 Å². The highest BCUT2D eigenvalue weighted by Crippen LogP contribution is 2.25. The molecule has 2 rings (SSSR count). The van der Waals surface area contributed by atoms with Gasteiger partial charge in [-0.1, -0.05) is 17.9 Å². The molecule has 0 saturated heterocycles. The van der Waals surface area contributed by atoms with Gasteiger partial charge in [0, 0.05) is 6.07 Å². The quantitative estimate of drug-likeness (QED) is 0.596. The molecule has 1 nitrogen and oxygen atoms in total. The van der Waals surface area contributed by atoms with Crippen LogP contribution in [-0.4, -0.2) is 13.1 Å². The van der Waals surface area contributed by atoms with Crippen molar-refractivity contribution in [1.82, 2.24) is 0 Å². The molecule has 0 aromatic heterocycles. The van der Waals surface area contributed by atoms with Crippen molar-refractivity contribution in [3.8, 4) is 5.75 Å². The van der Waals surface area contributed by atoms with Gasteiger partial charge < -0.3 is 17.7 Å². The second-order valence-electron chi connectivity index (χ2n) is 4.63. The molecule has 1 saturated carbocycles. The molecular formula is C12H14BF4O-. The van der Waals surface area contributed by atoms with Crippen LogP contribution in [0.3, 0.4) is 0 Å². The molecule has 0 atom stereocenters. The fourth-order valence-electron chi connectivity index (χ4n) is 2.24.